The lowest BCUT2D eigenvalue weighted by atomic mass is 9.73. The SMILES string of the molecule is CC1(C)c2cccnc2-c2c(-c3nc(-c4ccccc4)nc(-c4ccccc4)n3)cc3oc4ccccc4c3c21.CCC1(C)c2cc3c(cc2-c2ccnc(-c4cccc(-c5nc(-c6ccccc6)nc(-c6ccccc6)n5)c4)c21)oc1ccccc13.CCC1(CC)c2cc3c(cc2-c2c(-c4nc(-c5ccccc5)nc(-c5ccccc5)n4)cccc21)oc1ncccc13. The highest BCUT2D eigenvalue weighted by Crippen LogP contribution is 2.60. The monoisotopic (exact) mass is 1670 g/mol. The van der Waals surface area contributed by atoms with Crippen LogP contribution in [-0.2, 0) is 16.2 Å². The van der Waals surface area contributed by atoms with E-state index in [0.29, 0.717) is 58.1 Å². The van der Waals surface area contributed by atoms with E-state index in [1.807, 2.05) is 231 Å². The average molecular weight is 1670 g/mol. The van der Waals surface area contributed by atoms with Crippen molar-refractivity contribution in [3.05, 3.63) is 386 Å². The Hall–Kier alpha value is -16.3. The van der Waals surface area contributed by atoms with Gasteiger partial charge in [0.25, 0.3) is 0 Å². The molecule has 9 aromatic heterocycles. The van der Waals surface area contributed by atoms with E-state index in [-0.39, 0.29) is 16.2 Å². The number of rotatable bonds is 13. The first-order valence-electron chi connectivity index (χ1n) is 44.0. The molecule has 129 heavy (non-hydrogen) atoms. The number of benzene rings is 13. The summed E-state index contributed by atoms with van der Waals surface area (Å²) in [5.74, 6) is 5.75. The van der Waals surface area contributed by atoms with Crippen LogP contribution in [0, 0.1) is 0 Å². The third-order valence-corrected chi connectivity index (χ3v) is 26.6. The average Bonchev–Trinajstić information content (AvgIpc) is 1.55. The zero-order valence-corrected chi connectivity index (χ0v) is 71.7. The molecule has 15 heteroatoms. The van der Waals surface area contributed by atoms with Gasteiger partial charge in [-0.25, -0.2) is 49.8 Å². The molecule has 13 aromatic carbocycles. The molecule has 1 unspecified atom stereocenters. The van der Waals surface area contributed by atoms with E-state index in [2.05, 4.69) is 162 Å². The first-order chi connectivity index (χ1) is 63.4. The lowest BCUT2D eigenvalue weighted by Gasteiger charge is -2.29. The number of nitrogens with zero attached hydrogens (tertiary/aromatic N) is 12. The second-order valence-corrected chi connectivity index (χ2v) is 34.0. The molecule has 0 spiro atoms. The standard InChI is InChI=1S/C42H30N4O.C37H28N4O.C35H24N4O/c1-3-42(2)34-24-33-30-19-10-11-20-35(30)47-36(33)25-32(34)31-21-22-43-38(37(31)42)28-17-12-18-29(23-28)41-45-39(26-13-6-4-7-14-26)44-40(46-41)27-15-8-5-9-16-27;1-3-37(4-2)29-19-11-17-26(32(29)28-22-31-27(21-30(28)37)25-18-12-20-38-36(25)42-31)35-40-33(23-13-7-5-8-14-23)39-34(41-35)24-15-9-6-10-16-24;1-35(2)25-17-11-19-36-31(25)29-24(20-27-28(30(29)35)23-16-9-10-18-26(23)40-27)34-38-32(21-12-5-3-6-13-21)37-33(39-34)22-14-7-4-8-15-22/h4-25H,3H2,1-2H3;5-22H,3-4H2,1-2H3;3-20H,1-2H3. The largest absolute Gasteiger partial charge is 0.456 e. The molecule has 9 heterocycles. The number of hydrogen-bond acceptors (Lipinski definition) is 15. The quantitative estimate of drug-likeness (QED) is 0.106. The molecule has 22 aromatic rings. The number of furan rings is 3. The van der Waals surface area contributed by atoms with Crippen molar-refractivity contribution < 1.29 is 13.3 Å². The van der Waals surface area contributed by atoms with Gasteiger partial charge >= 0.3 is 0 Å². The van der Waals surface area contributed by atoms with Gasteiger partial charge in [0, 0.05) is 128 Å². The second kappa shape index (κ2) is 31.1. The lowest BCUT2D eigenvalue weighted by Crippen LogP contribution is -2.23. The van der Waals surface area contributed by atoms with Crippen LogP contribution in [0.2, 0.25) is 0 Å². The second-order valence-electron chi connectivity index (χ2n) is 34.0. The Kier molecular flexibility index (Phi) is 18.7. The highest BCUT2D eigenvalue weighted by Gasteiger charge is 2.46. The van der Waals surface area contributed by atoms with Crippen molar-refractivity contribution in [1.82, 2.24) is 59.8 Å². The molecule has 0 aliphatic heterocycles. The molecule has 25 rings (SSSR count). The summed E-state index contributed by atoms with van der Waals surface area (Å²) in [5.41, 5.74) is 29.3. The zero-order chi connectivity index (χ0) is 86.6. The molecule has 0 N–H and O–H groups in total. The van der Waals surface area contributed by atoms with E-state index in [9.17, 15) is 0 Å². The molecule has 0 fully saturated rings. The van der Waals surface area contributed by atoms with Crippen LogP contribution in [0.5, 0.6) is 0 Å². The predicted molar refractivity (Wildman–Crippen MR) is 516 cm³/mol. The number of para-hydroxylation sites is 2. The Balaban J connectivity index is 0.000000111. The van der Waals surface area contributed by atoms with E-state index < -0.39 is 0 Å². The lowest BCUT2D eigenvalue weighted by molar-refractivity contribution is 0.491. The summed E-state index contributed by atoms with van der Waals surface area (Å²) in [7, 11) is 0. The summed E-state index contributed by atoms with van der Waals surface area (Å²) in [6.45, 7) is 13.7. The minimum absolute atomic E-state index is 0.127. The summed E-state index contributed by atoms with van der Waals surface area (Å²) >= 11 is 0. The van der Waals surface area contributed by atoms with E-state index in [4.69, 9.17) is 68.1 Å². The summed E-state index contributed by atoms with van der Waals surface area (Å²) in [6.07, 6.45) is 8.47. The Labute approximate surface area is 744 Å². The van der Waals surface area contributed by atoms with E-state index in [1.54, 1.807) is 6.20 Å². The molecule has 3 aliphatic rings. The van der Waals surface area contributed by atoms with Gasteiger partial charge in [0.05, 0.1) is 11.4 Å². The highest BCUT2D eigenvalue weighted by atomic mass is 16.3. The number of hydrogen-bond donors (Lipinski definition) is 0. The van der Waals surface area contributed by atoms with Gasteiger partial charge in [0.15, 0.2) is 52.4 Å². The normalized spacial score (nSPS) is 14.1. The summed E-state index contributed by atoms with van der Waals surface area (Å²) in [4.78, 5) is 59.4. The number of aromatic nitrogens is 12. The molecule has 1 atom stereocenters. The molecule has 0 saturated heterocycles. The Morgan fingerprint density at radius 3 is 1.22 bits per heavy atom. The Bertz CT molecular complexity index is 8010. The van der Waals surface area contributed by atoms with E-state index in [1.165, 1.54) is 55.6 Å². The van der Waals surface area contributed by atoms with Crippen molar-refractivity contribution in [2.45, 2.75) is 77.0 Å². The molecule has 0 saturated carbocycles. The Morgan fingerprint density at radius 2 is 0.659 bits per heavy atom. The van der Waals surface area contributed by atoms with E-state index >= 15 is 0 Å². The van der Waals surface area contributed by atoms with Gasteiger partial charge in [-0.3, -0.25) is 9.97 Å². The van der Waals surface area contributed by atoms with Crippen LogP contribution in [0.1, 0.15) is 94.2 Å². The van der Waals surface area contributed by atoms with Gasteiger partial charge in [0.1, 0.15) is 27.9 Å². The molecule has 616 valence electrons. The molecule has 15 nitrogen and oxygen atoms in total. The molecular formula is C114H82N12O3. The van der Waals surface area contributed by atoms with Crippen molar-refractivity contribution in [2.75, 3.05) is 0 Å². The van der Waals surface area contributed by atoms with Crippen LogP contribution in [0.3, 0.4) is 0 Å². The third kappa shape index (κ3) is 12.9. The van der Waals surface area contributed by atoms with Crippen molar-refractivity contribution >= 4 is 65.9 Å². The maximum atomic E-state index is 6.47. The van der Waals surface area contributed by atoms with Gasteiger partial charge in [-0.15, -0.1) is 0 Å². The van der Waals surface area contributed by atoms with Crippen LogP contribution >= 0.6 is 0 Å². The fraction of sp³-hybridized carbons (Fsp3) is 0.105. The number of pyridine rings is 3. The first-order valence-corrected chi connectivity index (χ1v) is 44.0. The van der Waals surface area contributed by atoms with Gasteiger partial charge in [0.2, 0.25) is 5.71 Å². The Morgan fingerprint density at radius 1 is 0.240 bits per heavy atom. The minimum atomic E-state index is -0.294. The van der Waals surface area contributed by atoms with Crippen LogP contribution in [-0.4, -0.2) is 59.8 Å². The molecule has 0 bridgehead atoms. The number of fused-ring (bicyclic) bond motifs is 19. The van der Waals surface area contributed by atoms with Crippen LogP contribution in [0.4, 0.5) is 0 Å². The van der Waals surface area contributed by atoms with Gasteiger partial charge in [-0.05, 0) is 148 Å². The maximum Gasteiger partial charge on any atom is 0.227 e. The summed E-state index contributed by atoms with van der Waals surface area (Å²) in [6, 6.07) is 114. The third-order valence-electron chi connectivity index (χ3n) is 26.6. The molecular weight excluding hydrogens is 1590 g/mol. The topological polar surface area (TPSA) is 194 Å². The van der Waals surface area contributed by atoms with Crippen LogP contribution in [0.15, 0.2) is 365 Å². The molecule has 0 radical (unpaired) electrons. The van der Waals surface area contributed by atoms with Crippen molar-refractivity contribution in [3.8, 4) is 147 Å². The van der Waals surface area contributed by atoms with Crippen molar-refractivity contribution in [2.24, 2.45) is 0 Å². The van der Waals surface area contributed by atoms with Gasteiger partial charge < -0.3 is 13.3 Å². The molecule has 0 amide bonds. The maximum absolute atomic E-state index is 6.47. The molecule has 3 aliphatic carbocycles. The zero-order valence-electron chi connectivity index (χ0n) is 71.7. The minimum Gasteiger partial charge on any atom is -0.456 e. The van der Waals surface area contributed by atoms with Crippen LogP contribution in [0.25, 0.3) is 213 Å². The fourth-order valence-corrected chi connectivity index (χ4v) is 20.0. The van der Waals surface area contributed by atoms with Gasteiger partial charge in [-0.1, -0.05) is 302 Å². The summed E-state index contributed by atoms with van der Waals surface area (Å²) < 4.78 is 19.1. The van der Waals surface area contributed by atoms with Crippen LogP contribution < -0.4 is 0 Å². The first kappa shape index (κ1) is 77.5. The predicted octanol–water partition coefficient (Wildman–Crippen LogP) is 28.3. The van der Waals surface area contributed by atoms with E-state index in [0.717, 1.165) is 152 Å². The van der Waals surface area contributed by atoms with Crippen molar-refractivity contribution in [3.63, 3.8) is 0 Å². The fourth-order valence-electron chi connectivity index (χ4n) is 20.0. The van der Waals surface area contributed by atoms with Gasteiger partial charge in [-0.2, -0.15) is 0 Å². The highest BCUT2D eigenvalue weighted by molar-refractivity contribution is 6.14. The summed E-state index contributed by atoms with van der Waals surface area (Å²) in [5, 5.41) is 6.68. The van der Waals surface area contributed by atoms with Crippen molar-refractivity contribution in [1.29, 1.82) is 0 Å². The smallest absolute Gasteiger partial charge is 0.227 e.